The fraction of sp³-hybridized carbons (Fsp3) is 0.500. The van der Waals surface area contributed by atoms with Crippen LogP contribution in [0.4, 0.5) is 0 Å². The molecule has 0 saturated heterocycles. The third-order valence-electron chi connectivity index (χ3n) is 2.62. The number of rotatable bonds is 8. The molecule has 20 heavy (non-hydrogen) atoms. The highest BCUT2D eigenvalue weighted by Crippen LogP contribution is 2.25. The molecule has 1 aromatic carbocycles. The third-order valence-corrected chi connectivity index (χ3v) is 3.24. The largest absolute Gasteiger partial charge is 0.496 e. The van der Waals surface area contributed by atoms with Crippen LogP contribution in [0.3, 0.4) is 0 Å². The minimum Gasteiger partial charge on any atom is -0.496 e. The van der Waals surface area contributed by atoms with E-state index in [1.807, 2.05) is 25.1 Å². The van der Waals surface area contributed by atoms with Gasteiger partial charge in [0.05, 0.1) is 18.1 Å². The fourth-order valence-corrected chi connectivity index (χ4v) is 2.16. The number of halogens is 1. The summed E-state index contributed by atoms with van der Waals surface area (Å²) in [6.07, 6.45) is 0.915. The van der Waals surface area contributed by atoms with Gasteiger partial charge in [-0.25, -0.2) is 4.99 Å². The van der Waals surface area contributed by atoms with E-state index in [0.717, 1.165) is 42.0 Å². The third kappa shape index (κ3) is 6.25. The summed E-state index contributed by atoms with van der Waals surface area (Å²) in [6.45, 7) is 4.77. The monoisotopic (exact) mass is 343 g/mol. The molecule has 1 aromatic rings. The molecule has 0 saturated carbocycles. The Hall–Kier alpha value is -1.27. The second-order valence-corrected chi connectivity index (χ2v) is 5.00. The van der Waals surface area contributed by atoms with Crippen LogP contribution in [0.25, 0.3) is 0 Å². The van der Waals surface area contributed by atoms with Crippen LogP contribution in [0.2, 0.25) is 0 Å². The van der Waals surface area contributed by atoms with Crippen LogP contribution >= 0.6 is 15.9 Å². The van der Waals surface area contributed by atoms with Gasteiger partial charge in [-0.3, -0.25) is 0 Å². The van der Waals surface area contributed by atoms with E-state index in [2.05, 4.69) is 26.2 Å². The van der Waals surface area contributed by atoms with Gasteiger partial charge in [0.2, 0.25) is 0 Å². The molecule has 1 rings (SSSR count). The lowest BCUT2D eigenvalue weighted by Crippen LogP contribution is -2.32. The lowest BCUT2D eigenvalue weighted by Gasteiger charge is -2.07. The molecule has 0 aliphatic heterocycles. The van der Waals surface area contributed by atoms with Crippen molar-refractivity contribution in [3.8, 4) is 5.75 Å². The second-order valence-electron chi connectivity index (χ2n) is 4.15. The first-order chi connectivity index (χ1) is 9.67. The van der Waals surface area contributed by atoms with Crippen LogP contribution < -0.4 is 15.8 Å². The summed E-state index contributed by atoms with van der Waals surface area (Å²) in [5, 5.41) is 3.06. The van der Waals surface area contributed by atoms with Crippen molar-refractivity contribution in [3.05, 3.63) is 28.2 Å². The van der Waals surface area contributed by atoms with Gasteiger partial charge in [0.1, 0.15) is 5.75 Å². The number of hydrogen-bond donors (Lipinski definition) is 2. The van der Waals surface area contributed by atoms with E-state index in [1.165, 1.54) is 0 Å². The predicted molar refractivity (Wildman–Crippen MR) is 85.1 cm³/mol. The molecule has 0 atom stereocenters. The number of hydrogen-bond acceptors (Lipinski definition) is 3. The maximum Gasteiger partial charge on any atom is 0.188 e. The number of benzene rings is 1. The zero-order chi connectivity index (χ0) is 14.8. The van der Waals surface area contributed by atoms with Crippen molar-refractivity contribution in [1.82, 2.24) is 5.32 Å². The van der Waals surface area contributed by atoms with Gasteiger partial charge in [0, 0.05) is 19.8 Å². The molecule has 112 valence electrons. The Morgan fingerprint density at radius 1 is 1.45 bits per heavy atom. The number of nitrogens with zero attached hydrogens (tertiary/aromatic N) is 1. The molecular formula is C14H22BrN3O2. The Labute approximate surface area is 128 Å². The first kappa shape index (κ1) is 16.8. The van der Waals surface area contributed by atoms with Crippen LogP contribution in [0.1, 0.15) is 18.9 Å². The summed E-state index contributed by atoms with van der Waals surface area (Å²) in [5.41, 5.74) is 6.86. The molecule has 0 spiro atoms. The van der Waals surface area contributed by atoms with Gasteiger partial charge in [-0.05, 0) is 47.0 Å². The maximum absolute atomic E-state index is 5.79. The molecule has 0 aromatic heterocycles. The van der Waals surface area contributed by atoms with Crippen LogP contribution in [0, 0.1) is 0 Å². The summed E-state index contributed by atoms with van der Waals surface area (Å²) < 4.78 is 11.3. The lowest BCUT2D eigenvalue weighted by molar-refractivity contribution is 0.145. The second kappa shape index (κ2) is 9.61. The number of aliphatic imine (C=N–C) groups is 1. The van der Waals surface area contributed by atoms with E-state index in [-0.39, 0.29) is 0 Å². The highest BCUT2D eigenvalue weighted by molar-refractivity contribution is 9.10. The summed E-state index contributed by atoms with van der Waals surface area (Å²) in [7, 11) is 1.64. The van der Waals surface area contributed by atoms with Crippen molar-refractivity contribution in [2.24, 2.45) is 10.7 Å². The van der Waals surface area contributed by atoms with Gasteiger partial charge in [-0.15, -0.1) is 0 Å². The average molecular weight is 344 g/mol. The lowest BCUT2D eigenvalue weighted by atomic mass is 10.2. The summed E-state index contributed by atoms with van der Waals surface area (Å²) in [5.74, 6) is 1.26. The van der Waals surface area contributed by atoms with Crippen LogP contribution in [-0.2, 0) is 11.3 Å². The standard InChI is InChI=1S/C14H22BrN3O2/c1-3-20-8-4-7-17-14(16)18-10-11-5-6-13(19-2)12(15)9-11/h5-6,9H,3-4,7-8,10H2,1-2H3,(H3,16,17,18). The van der Waals surface area contributed by atoms with Crippen molar-refractivity contribution in [2.45, 2.75) is 19.9 Å². The quantitative estimate of drug-likeness (QED) is 0.431. The Kier molecular flexibility index (Phi) is 8.06. The SMILES string of the molecule is CCOCCCNC(N)=NCc1ccc(OC)c(Br)c1. The topological polar surface area (TPSA) is 68.9 Å². The molecular weight excluding hydrogens is 322 g/mol. The van der Waals surface area contributed by atoms with Gasteiger partial charge in [-0.2, -0.15) is 0 Å². The zero-order valence-corrected chi connectivity index (χ0v) is 13.6. The molecule has 0 radical (unpaired) electrons. The Morgan fingerprint density at radius 3 is 2.90 bits per heavy atom. The van der Waals surface area contributed by atoms with Crippen molar-refractivity contribution in [1.29, 1.82) is 0 Å². The van der Waals surface area contributed by atoms with Crippen LogP contribution in [0.15, 0.2) is 27.7 Å². The van der Waals surface area contributed by atoms with Crippen LogP contribution in [0.5, 0.6) is 5.75 Å². The van der Waals surface area contributed by atoms with Gasteiger partial charge < -0.3 is 20.5 Å². The van der Waals surface area contributed by atoms with E-state index < -0.39 is 0 Å². The fourth-order valence-electron chi connectivity index (χ4n) is 1.58. The van der Waals surface area contributed by atoms with Crippen molar-refractivity contribution >= 4 is 21.9 Å². The van der Waals surface area contributed by atoms with E-state index >= 15 is 0 Å². The molecule has 0 amide bonds. The van der Waals surface area contributed by atoms with Gasteiger partial charge >= 0.3 is 0 Å². The highest BCUT2D eigenvalue weighted by atomic mass is 79.9. The van der Waals surface area contributed by atoms with Gasteiger partial charge in [-0.1, -0.05) is 6.07 Å². The first-order valence-corrected chi connectivity index (χ1v) is 7.40. The van der Waals surface area contributed by atoms with Crippen molar-refractivity contribution in [3.63, 3.8) is 0 Å². The number of nitrogens with two attached hydrogens (primary N) is 1. The zero-order valence-electron chi connectivity index (χ0n) is 12.0. The minimum atomic E-state index is 0.452. The molecule has 5 nitrogen and oxygen atoms in total. The van der Waals surface area contributed by atoms with E-state index in [1.54, 1.807) is 7.11 Å². The predicted octanol–water partition coefficient (Wildman–Crippen LogP) is 2.29. The molecule has 0 bridgehead atoms. The average Bonchev–Trinajstić information content (AvgIpc) is 2.45. The Morgan fingerprint density at radius 2 is 2.25 bits per heavy atom. The molecule has 0 aliphatic rings. The van der Waals surface area contributed by atoms with Crippen molar-refractivity contribution < 1.29 is 9.47 Å². The Balaban J connectivity index is 2.36. The number of nitrogens with one attached hydrogen (secondary N) is 1. The number of ether oxygens (including phenoxy) is 2. The smallest absolute Gasteiger partial charge is 0.188 e. The highest BCUT2D eigenvalue weighted by Gasteiger charge is 2.01. The van der Waals surface area contributed by atoms with E-state index in [0.29, 0.717) is 12.5 Å². The summed E-state index contributed by atoms with van der Waals surface area (Å²) in [4.78, 5) is 4.29. The van der Waals surface area contributed by atoms with Crippen molar-refractivity contribution in [2.75, 3.05) is 26.9 Å². The first-order valence-electron chi connectivity index (χ1n) is 6.61. The molecule has 0 aliphatic carbocycles. The summed E-state index contributed by atoms with van der Waals surface area (Å²) >= 11 is 3.45. The minimum absolute atomic E-state index is 0.452. The molecule has 0 unspecified atom stereocenters. The van der Waals surface area contributed by atoms with E-state index in [9.17, 15) is 0 Å². The normalized spacial score (nSPS) is 11.4. The summed E-state index contributed by atoms with van der Waals surface area (Å²) in [6, 6.07) is 5.85. The molecule has 0 heterocycles. The molecule has 0 fully saturated rings. The number of guanidine groups is 1. The molecule has 6 heteroatoms. The molecule has 3 N–H and O–H groups in total. The number of methoxy groups -OCH3 is 1. The Bertz CT molecular complexity index is 438. The van der Waals surface area contributed by atoms with Gasteiger partial charge in [0.15, 0.2) is 5.96 Å². The van der Waals surface area contributed by atoms with Crippen LogP contribution in [-0.4, -0.2) is 32.8 Å². The van der Waals surface area contributed by atoms with Gasteiger partial charge in [0.25, 0.3) is 0 Å². The van der Waals surface area contributed by atoms with E-state index in [4.69, 9.17) is 15.2 Å². The maximum atomic E-state index is 5.79.